The summed E-state index contributed by atoms with van der Waals surface area (Å²) < 4.78 is 12.1. The summed E-state index contributed by atoms with van der Waals surface area (Å²) in [6.07, 6.45) is 5.31. The van der Waals surface area contributed by atoms with E-state index in [2.05, 4.69) is 11.0 Å². The minimum Gasteiger partial charge on any atom is -0.481 e. The maximum atomic E-state index is 13.1. The molecule has 2 saturated carbocycles. The fourth-order valence-corrected chi connectivity index (χ4v) is 7.07. The molecule has 1 saturated heterocycles. The molecule has 3 fully saturated rings. The van der Waals surface area contributed by atoms with E-state index in [1.165, 1.54) is 29.8 Å². The summed E-state index contributed by atoms with van der Waals surface area (Å²) in [5.74, 6) is 1.44. The predicted molar refractivity (Wildman–Crippen MR) is 122 cm³/mol. The second-order valence-electron chi connectivity index (χ2n) is 10.8. The fourth-order valence-electron chi connectivity index (χ4n) is 7.07. The highest BCUT2D eigenvalue weighted by atomic mass is 16.6. The summed E-state index contributed by atoms with van der Waals surface area (Å²) in [5, 5.41) is 8.83. The van der Waals surface area contributed by atoms with Gasteiger partial charge in [-0.2, -0.15) is 0 Å². The number of carboxylic acid groups (broad SMARTS) is 1. The molecule has 8 nitrogen and oxygen atoms in total. The van der Waals surface area contributed by atoms with E-state index in [0.717, 1.165) is 37.3 Å². The zero-order valence-electron chi connectivity index (χ0n) is 19.6. The number of ether oxygens (including phenoxy) is 2. The van der Waals surface area contributed by atoms with E-state index < -0.39 is 18.2 Å². The Bertz CT molecular complexity index is 1050. The van der Waals surface area contributed by atoms with E-state index in [1.54, 1.807) is 13.1 Å². The molecule has 2 bridgehead atoms. The normalized spacial score (nSPS) is 31.0. The van der Waals surface area contributed by atoms with Crippen LogP contribution in [-0.2, 0) is 21.4 Å². The molecule has 0 aromatic heterocycles. The third kappa shape index (κ3) is 3.33. The number of benzene rings is 1. The lowest BCUT2D eigenvalue weighted by Gasteiger charge is -2.57. The maximum absolute atomic E-state index is 13.1. The van der Waals surface area contributed by atoms with Crippen molar-refractivity contribution < 1.29 is 29.0 Å². The Hall–Kier alpha value is -2.61. The first kappa shape index (κ1) is 21.9. The van der Waals surface area contributed by atoms with Crippen molar-refractivity contribution in [2.24, 2.45) is 11.8 Å². The van der Waals surface area contributed by atoms with E-state index >= 15 is 0 Å². The van der Waals surface area contributed by atoms with Gasteiger partial charge in [0.2, 0.25) is 0 Å². The molecule has 0 unspecified atom stereocenters. The molecule has 2 aliphatic heterocycles. The number of carbonyl (C=O) groups excluding carboxylic acids is 2. The van der Waals surface area contributed by atoms with Crippen molar-refractivity contribution in [3.63, 3.8) is 0 Å². The summed E-state index contributed by atoms with van der Waals surface area (Å²) in [7, 11) is 1.60. The van der Waals surface area contributed by atoms with Crippen LogP contribution in [0.3, 0.4) is 0 Å². The molecule has 2 heterocycles. The van der Waals surface area contributed by atoms with Crippen molar-refractivity contribution in [1.29, 1.82) is 0 Å². The number of hydrogen-bond acceptors (Lipinski definition) is 6. The van der Waals surface area contributed by atoms with Gasteiger partial charge in [-0.1, -0.05) is 6.07 Å². The first-order chi connectivity index (χ1) is 16.4. The number of carboxylic acids is 1. The number of likely N-dealkylation sites (tertiary alicyclic amines) is 1. The van der Waals surface area contributed by atoms with Crippen LogP contribution in [0.2, 0.25) is 0 Å². The van der Waals surface area contributed by atoms with Gasteiger partial charge in [0.1, 0.15) is 0 Å². The van der Waals surface area contributed by atoms with Crippen molar-refractivity contribution in [2.45, 2.75) is 68.9 Å². The Morgan fingerprint density at radius 3 is 2.88 bits per heavy atom. The fraction of sp³-hybridized carbons (Fsp3) is 0.654. The van der Waals surface area contributed by atoms with Gasteiger partial charge in [-0.3, -0.25) is 14.5 Å². The van der Waals surface area contributed by atoms with Crippen LogP contribution in [0.15, 0.2) is 12.1 Å². The molecular weight excluding hydrogens is 436 g/mol. The Morgan fingerprint density at radius 2 is 2.12 bits per heavy atom. The minimum atomic E-state index is -0.888. The molecule has 5 aliphatic rings. The summed E-state index contributed by atoms with van der Waals surface area (Å²) in [4.78, 5) is 40.7. The number of rotatable bonds is 7. The second-order valence-corrected chi connectivity index (χ2v) is 10.8. The summed E-state index contributed by atoms with van der Waals surface area (Å²) in [6.45, 7) is 2.45. The number of carbonyl (C=O) groups is 3. The van der Waals surface area contributed by atoms with Crippen LogP contribution in [0.5, 0.6) is 11.5 Å². The lowest BCUT2D eigenvalue weighted by molar-refractivity contribution is -0.139. The number of amides is 1. The molecule has 1 aromatic carbocycles. The maximum Gasteiger partial charge on any atom is 0.415 e. The molecule has 3 aliphatic carbocycles. The molecular formula is C26H32N2O6. The summed E-state index contributed by atoms with van der Waals surface area (Å²) in [5.41, 5.74) is 2.03. The molecule has 1 aromatic rings. The van der Waals surface area contributed by atoms with Crippen molar-refractivity contribution in [2.75, 3.05) is 26.7 Å². The molecule has 1 spiro atoms. The Kier molecular flexibility index (Phi) is 5.13. The van der Waals surface area contributed by atoms with Gasteiger partial charge in [0.25, 0.3) is 0 Å². The second kappa shape index (κ2) is 7.97. The quantitative estimate of drug-likeness (QED) is 0.657. The van der Waals surface area contributed by atoms with E-state index in [-0.39, 0.29) is 24.2 Å². The van der Waals surface area contributed by atoms with Gasteiger partial charge < -0.3 is 19.5 Å². The van der Waals surface area contributed by atoms with Crippen molar-refractivity contribution in [1.82, 2.24) is 9.80 Å². The van der Waals surface area contributed by atoms with Crippen molar-refractivity contribution in [3.05, 3.63) is 23.3 Å². The molecule has 0 radical (unpaired) electrons. The zero-order chi connectivity index (χ0) is 23.6. The van der Waals surface area contributed by atoms with Gasteiger partial charge >= 0.3 is 12.1 Å². The zero-order valence-corrected chi connectivity index (χ0v) is 19.6. The van der Waals surface area contributed by atoms with Gasteiger partial charge in [0, 0.05) is 50.0 Å². The third-order valence-corrected chi connectivity index (χ3v) is 8.79. The highest BCUT2D eigenvalue weighted by Gasteiger charge is 2.66. The smallest absolute Gasteiger partial charge is 0.415 e. The van der Waals surface area contributed by atoms with Crippen LogP contribution in [0.25, 0.3) is 0 Å². The number of aliphatic carboxylic acids is 1. The molecule has 6 rings (SSSR count). The number of nitrogens with zero attached hydrogens (tertiary/aromatic N) is 2. The van der Waals surface area contributed by atoms with Gasteiger partial charge in [0.15, 0.2) is 23.4 Å². The van der Waals surface area contributed by atoms with E-state index in [0.29, 0.717) is 36.3 Å². The van der Waals surface area contributed by atoms with E-state index in [1.807, 2.05) is 0 Å². The van der Waals surface area contributed by atoms with Gasteiger partial charge in [-0.25, -0.2) is 4.79 Å². The lowest BCUT2D eigenvalue weighted by Crippen LogP contribution is -2.66. The highest BCUT2D eigenvalue weighted by molar-refractivity contribution is 5.89. The van der Waals surface area contributed by atoms with Crippen molar-refractivity contribution >= 4 is 17.8 Å². The average molecular weight is 469 g/mol. The molecule has 8 heteroatoms. The minimum absolute atomic E-state index is 0.00252. The van der Waals surface area contributed by atoms with E-state index in [4.69, 9.17) is 14.6 Å². The summed E-state index contributed by atoms with van der Waals surface area (Å²) >= 11 is 0. The number of Topliss-reactive ketones (excluding diaryl/α,β-unsaturated/α-hetero) is 1. The Labute approximate surface area is 199 Å². The average Bonchev–Trinajstić information content (AvgIpc) is 3.55. The van der Waals surface area contributed by atoms with Crippen LogP contribution in [0, 0.1) is 11.8 Å². The van der Waals surface area contributed by atoms with Crippen LogP contribution in [-0.4, -0.2) is 71.6 Å². The SMILES string of the molecule is CN(CCCC(=O)O)C(=O)Oc1ccc2c3c1O[C@H]1C(=O)CC[C@H]4[C@@H](C2)N(CC2CC2)CC[C@]314. The van der Waals surface area contributed by atoms with Crippen LogP contribution >= 0.6 is 0 Å². The molecule has 34 heavy (non-hydrogen) atoms. The standard InChI is InChI=1S/C26H32N2O6/c1-27(11-2-3-21(30)31)25(32)33-20-9-6-16-13-18-17-7-8-19(29)24-26(17,22(16)23(20)34-24)10-12-28(18)14-15-4-5-15/h6,9,15,17-18,24H,2-5,7-8,10-14H2,1H3,(H,30,31)/t17-,18+,24-,26-/m0/s1. The van der Waals surface area contributed by atoms with Gasteiger partial charge in [-0.05, 0) is 68.5 Å². The van der Waals surface area contributed by atoms with Crippen LogP contribution in [0.4, 0.5) is 4.79 Å². The topological polar surface area (TPSA) is 96.4 Å². The third-order valence-electron chi connectivity index (χ3n) is 8.79. The van der Waals surface area contributed by atoms with E-state index in [9.17, 15) is 14.4 Å². The monoisotopic (exact) mass is 468 g/mol. The van der Waals surface area contributed by atoms with Crippen LogP contribution in [0.1, 0.15) is 56.1 Å². The van der Waals surface area contributed by atoms with Crippen LogP contribution < -0.4 is 9.47 Å². The molecule has 182 valence electrons. The molecule has 1 amide bonds. The number of ketones is 1. The lowest BCUT2D eigenvalue weighted by atomic mass is 9.51. The predicted octanol–water partition coefficient (Wildman–Crippen LogP) is 3.00. The molecule has 1 N–H and O–H groups in total. The summed E-state index contributed by atoms with van der Waals surface area (Å²) in [6, 6.07) is 4.31. The number of hydrogen-bond donors (Lipinski definition) is 1. The Balaban J connectivity index is 1.30. The first-order valence-corrected chi connectivity index (χ1v) is 12.6. The number of piperidine rings is 1. The van der Waals surface area contributed by atoms with Crippen molar-refractivity contribution in [3.8, 4) is 11.5 Å². The molecule has 4 atom stereocenters. The Morgan fingerprint density at radius 1 is 1.29 bits per heavy atom. The first-order valence-electron chi connectivity index (χ1n) is 12.6. The van der Waals surface area contributed by atoms with Gasteiger partial charge in [-0.15, -0.1) is 0 Å². The highest BCUT2D eigenvalue weighted by Crippen LogP contribution is 2.63. The largest absolute Gasteiger partial charge is 0.481 e. The van der Waals surface area contributed by atoms with Gasteiger partial charge in [0.05, 0.1) is 0 Å².